The smallest absolute Gasteiger partial charge is 0.252 e. The van der Waals surface area contributed by atoms with Crippen molar-refractivity contribution in [2.24, 2.45) is 5.73 Å². The number of carbonyl (C=O) groups excluding carboxylic acids is 4. The molecule has 58 heavy (non-hydrogen) atoms. The van der Waals surface area contributed by atoms with Gasteiger partial charge in [-0.2, -0.15) is 0 Å². The predicted molar refractivity (Wildman–Crippen MR) is 194 cm³/mol. The van der Waals surface area contributed by atoms with E-state index < -0.39 is 120 Å². The van der Waals surface area contributed by atoms with Gasteiger partial charge in [-0.1, -0.05) is 12.1 Å². The monoisotopic (exact) mass is 810 g/mol. The molecule has 2 aromatic rings. The van der Waals surface area contributed by atoms with E-state index in [9.17, 15) is 34.5 Å². The Labute approximate surface area is 331 Å². The molecule has 312 valence electrons. The van der Waals surface area contributed by atoms with Crippen molar-refractivity contribution in [3.05, 3.63) is 51.6 Å². The van der Waals surface area contributed by atoms with Crippen molar-refractivity contribution in [1.29, 1.82) is 0 Å². The predicted octanol–water partition coefficient (Wildman–Crippen LogP) is -1.12. The molecule has 2 aliphatic carbocycles. The van der Waals surface area contributed by atoms with Gasteiger partial charge in [0, 0.05) is 55.6 Å². The molecular weight excluding hydrogens is 764 g/mol. The summed E-state index contributed by atoms with van der Waals surface area (Å²) in [4.78, 5) is 56.7. The highest BCUT2D eigenvalue weighted by atomic mass is 16.7. The van der Waals surface area contributed by atoms with Crippen molar-refractivity contribution in [3.63, 3.8) is 0 Å². The zero-order chi connectivity index (χ0) is 40.8. The number of methoxy groups -OCH3 is 2. The van der Waals surface area contributed by atoms with E-state index >= 15 is 0 Å². The summed E-state index contributed by atoms with van der Waals surface area (Å²) in [6.45, 7) is 2.68. The fraction of sp³-hybridized carbons (Fsp3) is 0.590. The van der Waals surface area contributed by atoms with Crippen LogP contribution >= 0.6 is 0 Å². The van der Waals surface area contributed by atoms with Crippen molar-refractivity contribution >= 4 is 23.4 Å². The molecule has 0 radical (unpaired) electrons. The van der Waals surface area contributed by atoms with Crippen molar-refractivity contribution in [3.8, 4) is 17.2 Å². The van der Waals surface area contributed by atoms with E-state index in [0.29, 0.717) is 13.2 Å². The van der Waals surface area contributed by atoms with Crippen molar-refractivity contribution in [2.75, 3.05) is 47.1 Å². The Morgan fingerprint density at radius 3 is 2.40 bits per heavy atom. The highest BCUT2D eigenvalue weighted by Crippen LogP contribution is 2.53. The normalized spacial score (nSPS) is 36.3. The van der Waals surface area contributed by atoms with Crippen molar-refractivity contribution < 1.29 is 72.4 Å². The number of ether oxygens (including phenoxy) is 8. The van der Waals surface area contributed by atoms with Gasteiger partial charge in [0.1, 0.15) is 41.2 Å². The number of aromatic hydroxyl groups is 2. The molecule has 5 fully saturated rings. The number of hydrogen-bond donors (Lipinski definition) is 6. The number of nitrogens with one attached hydrogen (secondary N) is 2. The van der Waals surface area contributed by atoms with Crippen LogP contribution in [0, 0.1) is 0 Å². The molecule has 0 spiro atoms. The van der Waals surface area contributed by atoms with Crippen LogP contribution in [0.15, 0.2) is 18.2 Å². The number of aliphatic hydroxyl groups is 1. The van der Waals surface area contributed by atoms with E-state index in [2.05, 4.69) is 15.5 Å². The topological polar surface area (TPSA) is 256 Å². The minimum atomic E-state index is -2.30. The molecule has 0 saturated carbocycles. The maximum Gasteiger partial charge on any atom is 0.252 e. The Morgan fingerprint density at radius 1 is 0.966 bits per heavy atom. The van der Waals surface area contributed by atoms with Crippen LogP contribution in [0.3, 0.4) is 0 Å². The zero-order valence-electron chi connectivity index (χ0n) is 32.0. The molecule has 5 saturated heterocycles. The minimum Gasteiger partial charge on any atom is -0.507 e. The Hall–Kier alpha value is -4.28. The van der Waals surface area contributed by atoms with Crippen molar-refractivity contribution in [1.82, 2.24) is 15.5 Å². The molecule has 5 heterocycles. The Morgan fingerprint density at radius 2 is 1.69 bits per heavy atom. The molecule has 19 nitrogen and oxygen atoms in total. The molecule has 19 heteroatoms. The number of nitrogens with two attached hydrogens (primary N) is 1. The number of rotatable bonds is 8. The molecule has 9 rings (SSSR count). The fourth-order valence-corrected chi connectivity index (χ4v) is 9.82. The van der Waals surface area contributed by atoms with Crippen LogP contribution in [0.1, 0.15) is 68.8 Å². The third kappa shape index (κ3) is 6.10. The number of amides is 2. The number of phenolic OH excluding ortho intramolecular Hbond substituents is 2. The van der Waals surface area contributed by atoms with Crippen LogP contribution < -0.4 is 21.1 Å². The summed E-state index contributed by atoms with van der Waals surface area (Å²) in [7, 11) is 2.88. The first-order valence-corrected chi connectivity index (χ1v) is 19.4. The fourth-order valence-electron chi connectivity index (χ4n) is 9.82. The van der Waals surface area contributed by atoms with Gasteiger partial charge in [0.05, 0.1) is 74.5 Å². The summed E-state index contributed by atoms with van der Waals surface area (Å²) in [5.74, 6) is -3.99. The number of nitrogens with zero attached hydrogens (tertiary/aromatic N) is 1. The minimum absolute atomic E-state index is 0.00653. The van der Waals surface area contributed by atoms with E-state index in [0.717, 1.165) is 0 Å². The van der Waals surface area contributed by atoms with Gasteiger partial charge in [-0.05, 0) is 13.0 Å². The van der Waals surface area contributed by atoms with Gasteiger partial charge < -0.3 is 69.6 Å². The first-order valence-electron chi connectivity index (χ1n) is 19.4. The van der Waals surface area contributed by atoms with E-state index in [4.69, 9.17) is 43.6 Å². The van der Waals surface area contributed by atoms with Crippen LogP contribution in [0.2, 0.25) is 0 Å². The lowest BCUT2D eigenvalue weighted by Crippen LogP contribution is -2.57. The van der Waals surface area contributed by atoms with Gasteiger partial charge in [0.2, 0.25) is 11.7 Å². The molecule has 0 unspecified atom stereocenters. The Balaban J connectivity index is 1.06. The second-order valence-electron chi connectivity index (χ2n) is 15.7. The molecule has 7 aliphatic rings. The van der Waals surface area contributed by atoms with Gasteiger partial charge in [-0.3, -0.25) is 24.1 Å². The highest BCUT2D eigenvalue weighted by Gasteiger charge is 2.56. The van der Waals surface area contributed by atoms with Crippen LogP contribution in [-0.4, -0.2) is 158 Å². The number of phenols is 2. The summed E-state index contributed by atoms with van der Waals surface area (Å²) < 4.78 is 47.8. The van der Waals surface area contributed by atoms with Gasteiger partial charge in [-0.15, -0.1) is 0 Å². The maximum absolute atomic E-state index is 14.3. The highest BCUT2D eigenvalue weighted by molar-refractivity contribution is 6.31. The van der Waals surface area contributed by atoms with Gasteiger partial charge in [0.25, 0.3) is 5.91 Å². The lowest BCUT2D eigenvalue weighted by molar-refractivity contribution is -0.256. The zero-order valence-corrected chi connectivity index (χ0v) is 32.0. The number of fused-ring (bicyclic) bond motifs is 7. The average Bonchev–Trinajstić information content (AvgIpc) is 3.92. The van der Waals surface area contributed by atoms with E-state index in [1.165, 1.54) is 32.4 Å². The lowest BCUT2D eigenvalue weighted by atomic mass is 9.72. The van der Waals surface area contributed by atoms with Gasteiger partial charge in [-0.25, -0.2) is 0 Å². The first-order chi connectivity index (χ1) is 27.9. The van der Waals surface area contributed by atoms with E-state index in [1.807, 2.05) is 6.92 Å². The summed E-state index contributed by atoms with van der Waals surface area (Å²) in [6.07, 6.45) is -6.34. The van der Waals surface area contributed by atoms with E-state index in [1.54, 1.807) is 0 Å². The third-order valence-electron chi connectivity index (χ3n) is 12.5. The Bertz CT molecular complexity index is 2050. The largest absolute Gasteiger partial charge is 0.507 e. The van der Waals surface area contributed by atoms with Crippen LogP contribution in [0.25, 0.3) is 0 Å². The summed E-state index contributed by atoms with van der Waals surface area (Å²) in [5.41, 5.74) is 1.89. The molecule has 2 amide bonds. The quantitative estimate of drug-likeness (QED) is 0.147. The number of morpholine rings is 1. The van der Waals surface area contributed by atoms with Crippen molar-refractivity contribution in [2.45, 2.75) is 99.2 Å². The summed E-state index contributed by atoms with van der Waals surface area (Å²) in [5, 5.41) is 42.0. The standard InChI is InChI=1S/C39H46N4O15/c1-15-33-20(43-7-8-53-37(52-3)36(43)58-33)9-24(56-15)57-22-11-39(50,38(49)42-19-14-55-34-18(13-54-35(19)34)41-23(44)12-40)10-17-26(22)32(48)28-27(30(17)46)29(45)16-5-4-6-21(51-2)25(16)31(28)47/h4-6,15,18-20,22,24,33-37,46,48,50H,7-14,40H2,1-3H3,(H,41,44)(H,42,49)/t15-,18-,19-,20-,22-,24-,33+,34+,35+,36+,37-,39-/m0/s1. The summed E-state index contributed by atoms with van der Waals surface area (Å²) in [6, 6.07) is 3.00. The average molecular weight is 811 g/mol. The molecule has 7 N–H and O–H groups in total. The van der Waals surface area contributed by atoms with E-state index in [-0.39, 0.29) is 66.3 Å². The second kappa shape index (κ2) is 14.8. The number of carbonyl (C=O) groups is 4. The molecule has 5 aliphatic heterocycles. The lowest BCUT2D eigenvalue weighted by Gasteiger charge is -2.43. The Kier molecular flexibility index (Phi) is 9.98. The molecular formula is C39H46N4O15. The molecule has 12 atom stereocenters. The van der Waals surface area contributed by atoms with Gasteiger partial charge in [0.15, 0.2) is 24.6 Å². The second-order valence-corrected chi connectivity index (χ2v) is 15.7. The number of ketones is 2. The third-order valence-corrected chi connectivity index (χ3v) is 12.5. The first kappa shape index (κ1) is 39.2. The summed E-state index contributed by atoms with van der Waals surface area (Å²) >= 11 is 0. The van der Waals surface area contributed by atoms with Crippen LogP contribution in [0.4, 0.5) is 0 Å². The molecule has 0 aromatic heterocycles. The van der Waals surface area contributed by atoms with Crippen LogP contribution in [0.5, 0.6) is 17.2 Å². The number of hydrogen-bond acceptors (Lipinski definition) is 17. The maximum atomic E-state index is 14.3. The van der Waals surface area contributed by atoms with Gasteiger partial charge >= 0.3 is 0 Å². The number of benzene rings is 2. The SMILES string of the molecule is COc1cccc2c1C(=O)c1c(O)c3c(c(O)c1C2=O)C[C@@](O)(C(=O)N[C@H]1CO[C@H]2[C@@H]1OC[C@@H]2NC(=O)CN)C[C@@H]3O[C@H]1C[C@H]2[C@H](O[C@@H]3[C@@H](OC)OCCN32)[C@H](C)O1. The van der Waals surface area contributed by atoms with Crippen LogP contribution in [-0.2, 0) is 49.2 Å². The molecule has 2 aromatic carbocycles. The molecule has 0 bridgehead atoms.